The van der Waals surface area contributed by atoms with Gasteiger partial charge < -0.3 is 10.1 Å². The molecule has 1 heterocycles. The van der Waals surface area contributed by atoms with Crippen molar-refractivity contribution in [2.24, 2.45) is 0 Å². The molecule has 0 fully saturated rings. The molecule has 0 atom stereocenters. The van der Waals surface area contributed by atoms with E-state index in [0.717, 1.165) is 33.6 Å². The molecule has 3 nitrogen and oxygen atoms in total. The molecule has 3 rings (SSSR count). The van der Waals surface area contributed by atoms with Crippen molar-refractivity contribution < 1.29 is 9.13 Å². The molecular weight excluding hydrogens is 279 g/mol. The highest BCUT2D eigenvalue weighted by atomic mass is 19.1. The fraction of sp³-hybridized carbons (Fsp3) is 0.167. The van der Waals surface area contributed by atoms with Crippen LogP contribution in [0.5, 0.6) is 5.75 Å². The minimum Gasteiger partial charge on any atom is -0.494 e. The van der Waals surface area contributed by atoms with E-state index in [4.69, 9.17) is 4.74 Å². The SMILES string of the molecule is COc1cccc2c(NCc3ccc(F)cc3)cc(C)nc12. The van der Waals surface area contributed by atoms with Crippen molar-refractivity contribution in [2.45, 2.75) is 13.5 Å². The largest absolute Gasteiger partial charge is 0.494 e. The van der Waals surface area contributed by atoms with Gasteiger partial charge in [-0.2, -0.15) is 0 Å². The fourth-order valence-corrected chi connectivity index (χ4v) is 2.46. The Morgan fingerprint density at radius 3 is 2.64 bits per heavy atom. The third kappa shape index (κ3) is 2.86. The maximum Gasteiger partial charge on any atom is 0.145 e. The van der Waals surface area contributed by atoms with Gasteiger partial charge in [0.15, 0.2) is 0 Å². The number of anilines is 1. The molecule has 0 unspecified atom stereocenters. The lowest BCUT2D eigenvalue weighted by Gasteiger charge is -2.12. The number of ether oxygens (including phenoxy) is 1. The van der Waals surface area contributed by atoms with E-state index >= 15 is 0 Å². The monoisotopic (exact) mass is 296 g/mol. The van der Waals surface area contributed by atoms with Gasteiger partial charge >= 0.3 is 0 Å². The minimum atomic E-state index is -0.223. The second-order valence-electron chi connectivity index (χ2n) is 5.15. The number of aryl methyl sites for hydroxylation is 1. The first-order chi connectivity index (χ1) is 10.7. The quantitative estimate of drug-likeness (QED) is 0.779. The highest BCUT2D eigenvalue weighted by Crippen LogP contribution is 2.30. The van der Waals surface area contributed by atoms with Crippen molar-refractivity contribution in [3.8, 4) is 5.75 Å². The van der Waals surface area contributed by atoms with E-state index in [1.54, 1.807) is 19.2 Å². The van der Waals surface area contributed by atoms with Crippen LogP contribution >= 0.6 is 0 Å². The number of hydrogen-bond donors (Lipinski definition) is 1. The number of rotatable bonds is 4. The van der Waals surface area contributed by atoms with Gasteiger partial charge in [0.05, 0.1) is 7.11 Å². The van der Waals surface area contributed by atoms with E-state index in [0.29, 0.717) is 6.54 Å². The Labute approximate surface area is 128 Å². The third-order valence-corrected chi connectivity index (χ3v) is 3.55. The van der Waals surface area contributed by atoms with Crippen molar-refractivity contribution in [3.05, 3.63) is 65.6 Å². The molecule has 0 saturated heterocycles. The first-order valence-corrected chi connectivity index (χ1v) is 7.10. The average Bonchev–Trinajstić information content (AvgIpc) is 2.53. The number of fused-ring (bicyclic) bond motifs is 1. The molecule has 0 spiro atoms. The highest BCUT2D eigenvalue weighted by molar-refractivity contribution is 5.95. The van der Waals surface area contributed by atoms with Gasteiger partial charge in [-0.15, -0.1) is 0 Å². The standard InChI is InChI=1S/C18H17FN2O/c1-12-10-16(20-11-13-6-8-14(19)9-7-13)15-4-3-5-17(22-2)18(15)21-12/h3-10H,11H2,1-2H3,(H,20,21). The van der Waals surface area contributed by atoms with Gasteiger partial charge in [0.1, 0.15) is 17.1 Å². The Hall–Kier alpha value is -2.62. The number of nitrogens with one attached hydrogen (secondary N) is 1. The number of aromatic nitrogens is 1. The van der Waals surface area contributed by atoms with Crippen molar-refractivity contribution in [1.82, 2.24) is 4.98 Å². The van der Waals surface area contributed by atoms with Crippen LogP contribution in [0.1, 0.15) is 11.3 Å². The van der Waals surface area contributed by atoms with Crippen LogP contribution in [0.4, 0.5) is 10.1 Å². The van der Waals surface area contributed by atoms with Crippen molar-refractivity contribution in [2.75, 3.05) is 12.4 Å². The summed E-state index contributed by atoms with van der Waals surface area (Å²) in [7, 11) is 1.64. The topological polar surface area (TPSA) is 34.1 Å². The van der Waals surface area contributed by atoms with E-state index in [-0.39, 0.29) is 5.82 Å². The lowest BCUT2D eigenvalue weighted by atomic mass is 10.1. The van der Waals surface area contributed by atoms with Gasteiger partial charge in [-0.05, 0) is 36.8 Å². The summed E-state index contributed by atoms with van der Waals surface area (Å²) in [6.45, 7) is 2.57. The Kier molecular flexibility index (Phi) is 3.92. The summed E-state index contributed by atoms with van der Waals surface area (Å²) in [5.74, 6) is 0.532. The molecule has 4 heteroatoms. The number of halogens is 1. The Balaban J connectivity index is 1.94. The van der Waals surface area contributed by atoms with Gasteiger partial charge in [-0.3, -0.25) is 0 Å². The number of para-hydroxylation sites is 1. The molecule has 1 N–H and O–H groups in total. The van der Waals surface area contributed by atoms with E-state index in [2.05, 4.69) is 10.3 Å². The van der Waals surface area contributed by atoms with Gasteiger partial charge in [0.2, 0.25) is 0 Å². The third-order valence-electron chi connectivity index (χ3n) is 3.55. The number of nitrogens with zero attached hydrogens (tertiary/aromatic N) is 1. The summed E-state index contributed by atoms with van der Waals surface area (Å²) in [5.41, 5.74) is 3.77. The van der Waals surface area contributed by atoms with E-state index in [9.17, 15) is 4.39 Å². The number of hydrogen-bond acceptors (Lipinski definition) is 3. The zero-order chi connectivity index (χ0) is 15.5. The molecule has 3 aromatic rings. The normalized spacial score (nSPS) is 10.7. The van der Waals surface area contributed by atoms with E-state index in [1.807, 2.05) is 31.2 Å². The maximum atomic E-state index is 13.0. The van der Waals surface area contributed by atoms with E-state index < -0.39 is 0 Å². The van der Waals surface area contributed by atoms with Crippen molar-refractivity contribution >= 4 is 16.6 Å². The Morgan fingerprint density at radius 1 is 1.14 bits per heavy atom. The molecule has 22 heavy (non-hydrogen) atoms. The van der Waals surface area contributed by atoms with Crippen LogP contribution in [0.2, 0.25) is 0 Å². The molecule has 0 aliphatic rings. The first kappa shape index (κ1) is 14.3. The van der Waals surface area contributed by atoms with Gasteiger partial charge in [-0.25, -0.2) is 9.37 Å². The molecule has 0 bridgehead atoms. The van der Waals surface area contributed by atoms with Crippen LogP contribution in [0.3, 0.4) is 0 Å². The summed E-state index contributed by atoms with van der Waals surface area (Å²) in [5, 5.41) is 4.40. The highest BCUT2D eigenvalue weighted by Gasteiger charge is 2.08. The molecule has 2 aromatic carbocycles. The predicted octanol–water partition coefficient (Wildman–Crippen LogP) is 4.30. The molecule has 0 radical (unpaired) electrons. The summed E-state index contributed by atoms with van der Waals surface area (Å²) in [6, 6.07) is 14.4. The van der Waals surface area contributed by atoms with Crippen LogP contribution < -0.4 is 10.1 Å². The Morgan fingerprint density at radius 2 is 1.91 bits per heavy atom. The predicted molar refractivity (Wildman–Crippen MR) is 86.8 cm³/mol. The molecular formula is C18H17FN2O. The minimum absolute atomic E-state index is 0.223. The lowest BCUT2D eigenvalue weighted by Crippen LogP contribution is -2.02. The van der Waals surface area contributed by atoms with Crippen molar-refractivity contribution in [3.63, 3.8) is 0 Å². The van der Waals surface area contributed by atoms with Crippen molar-refractivity contribution in [1.29, 1.82) is 0 Å². The lowest BCUT2D eigenvalue weighted by molar-refractivity contribution is 0.419. The summed E-state index contributed by atoms with van der Waals surface area (Å²) >= 11 is 0. The van der Waals surface area contributed by atoms with Gasteiger partial charge in [-0.1, -0.05) is 24.3 Å². The first-order valence-electron chi connectivity index (χ1n) is 7.10. The number of pyridine rings is 1. The molecule has 0 aliphatic heterocycles. The smallest absolute Gasteiger partial charge is 0.145 e. The molecule has 112 valence electrons. The molecule has 0 amide bonds. The average molecular weight is 296 g/mol. The van der Waals surface area contributed by atoms with Gasteiger partial charge in [0.25, 0.3) is 0 Å². The zero-order valence-electron chi connectivity index (χ0n) is 12.6. The number of benzene rings is 2. The zero-order valence-corrected chi connectivity index (χ0v) is 12.6. The summed E-state index contributed by atoms with van der Waals surface area (Å²) in [4.78, 5) is 4.56. The fourth-order valence-electron chi connectivity index (χ4n) is 2.46. The summed E-state index contributed by atoms with van der Waals surface area (Å²) in [6.07, 6.45) is 0. The van der Waals surface area contributed by atoms with Crippen LogP contribution in [0, 0.1) is 12.7 Å². The van der Waals surface area contributed by atoms with Crippen LogP contribution in [0.15, 0.2) is 48.5 Å². The molecule has 0 aliphatic carbocycles. The second-order valence-corrected chi connectivity index (χ2v) is 5.15. The van der Waals surface area contributed by atoms with Crippen LogP contribution in [0.25, 0.3) is 10.9 Å². The van der Waals surface area contributed by atoms with Crippen LogP contribution in [-0.2, 0) is 6.54 Å². The second kappa shape index (κ2) is 6.02. The van der Waals surface area contributed by atoms with Crippen LogP contribution in [-0.4, -0.2) is 12.1 Å². The Bertz CT molecular complexity index is 800. The molecule has 0 saturated carbocycles. The maximum absolute atomic E-state index is 13.0. The summed E-state index contributed by atoms with van der Waals surface area (Å²) < 4.78 is 18.3. The number of methoxy groups -OCH3 is 1. The van der Waals surface area contributed by atoms with Gasteiger partial charge in [0, 0.05) is 23.3 Å². The van der Waals surface area contributed by atoms with E-state index in [1.165, 1.54) is 12.1 Å². The molecule has 1 aromatic heterocycles.